The Morgan fingerprint density at radius 3 is 2.60 bits per heavy atom. The van der Waals surface area contributed by atoms with Gasteiger partial charge < -0.3 is 10.1 Å². The van der Waals surface area contributed by atoms with Gasteiger partial charge in [-0.15, -0.1) is 0 Å². The van der Waals surface area contributed by atoms with Gasteiger partial charge in [0.1, 0.15) is 17.9 Å². The first-order valence-electron chi connectivity index (χ1n) is 9.88. The molecule has 0 fully saturated rings. The number of nitrogens with zero attached hydrogens (tertiary/aromatic N) is 1. The highest BCUT2D eigenvalue weighted by Crippen LogP contribution is 2.35. The molecule has 1 aromatic heterocycles. The van der Waals surface area contributed by atoms with Crippen molar-refractivity contribution in [3.05, 3.63) is 59.8 Å². The molecule has 0 spiro atoms. The summed E-state index contributed by atoms with van der Waals surface area (Å²) in [5.74, 6) is 0.426. The van der Waals surface area contributed by atoms with Crippen LogP contribution in [0.3, 0.4) is 0 Å². The van der Waals surface area contributed by atoms with E-state index in [1.54, 1.807) is 12.3 Å². The van der Waals surface area contributed by atoms with Gasteiger partial charge in [-0.05, 0) is 31.0 Å². The van der Waals surface area contributed by atoms with E-state index < -0.39 is 9.84 Å². The molecule has 0 aliphatic rings. The van der Waals surface area contributed by atoms with Crippen molar-refractivity contribution in [3.8, 4) is 5.75 Å². The molecule has 6 nitrogen and oxygen atoms in total. The molecule has 2 aromatic carbocycles. The van der Waals surface area contributed by atoms with E-state index in [4.69, 9.17) is 4.74 Å². The fourth-order valence-corrected chi connectivity index (χ4v) is 3.56. The molecule has 0 atom stereocenters. The molecule has 3 rings (SSSR count). The Morgan fingerprint density at radius 1 is 1.13 bits per heavy atom. The van der Waals surface area contributed by atoms with Crippen LogP contribution in [0.2, 0.25) is 0 Å². The van der Waals surface area contributed by atoms with Crippen LogP contribution in [-0.4, -0.2) is 37.8 Å². The van der Waals surface area contributed by atoms with E-state index in [0.717, 1.165) is 23.1 Å². The number of anilines is 2. The third-order valence-electron chi connectivity index (χ3n) is 4.75. The minimum atomic E-state index is -3.13. The van der Waals surface area contributed by atoms with Crippen molar-refractivity contribution in [1.82, 2.24) is 4.98 Å². The van der Waals surface area contributed by atoms with Gasteiger partial charge >= 0.3 is 0 Å². The van der Waals surface area contributed by atoms with Gasteiger partial charge in [-0.25, -0.2) is 8.42 Å². The summed E-state index contributed by atoms with van der Waals surface area (Å²) in [6, 6.07) is 13.3. The van der Waals surface area contributed by atoms with Crippen LogP contribution in [0, 0.1) is 6.92 Å². The number of carbonyl (C=O) groups excluding carboxylic acids is 1. The van der Waals surface area contributed by atoms with Crippen LogP contribution in [0.25, 0.3) is 10.9 Å². The van der Waals surface area contributed by atoms with E-state index in [1.165, 1.54) is 6.26 Å². The maximum atomic E-state index is 12.8. The third-order valence-corrected chi connectivity index (χ3v) is 5.66. The summed E-state index contributed by atoms with van der Waals surface area (Å²) in [5, 5.41) is 4.17. The molecular weight excluding hydrogens is 400 g/mol. The number of carbonyl (C=O) groups is 1. The van der Waals surface area contributed by atoms with Crippen LogP contribution < -0.4 is 10.1 Å². The van der Waals surface area contributed by atoms with Crippen LogP contribution in [0.15, 0.2) is 48.7 Å². The molecule has 0 saturated heterocycles. The number of ether oxygens (including phenoxy) is 1. The molecule has 0 bridgehead atoms. The third kappa shape index (κ3) is 5.16. The lowest BCUT2D eigenvalue weighted by atomic mass is 10.0. The van der Waals surface area contributed by atoms with E-state index in [9.17, 15) is 13.2 Å². The number of nitrogens with one attached hydrogen (secondary N) is 1. The predicted molar refractivity (Wildman–Crippen MR) is 121 cm³/mol. The molecule has 7 heteroatoms. The van der Waals surface area contributed by atoms with E-state index in [-0.39, 0.29) is 18.1 Å². The van der Waals surface area contributed by atoms with Crippen molar-refractivity contribution in [2.45, 2.75) is 26.7 Å². The number of aromatic nitrogens is 1. The molecule has 0 aliphatic carbocycles. The van der Waals surface area contributed by atoms with Gasteiger partial charge in [-0.2, -0.15) is 0 Å². The topological polar surface area (TPSA) is 85.4 Å². The number of ketones is 1. The summed E-state index contributed by atoms with van der Waals surface area (Å²) in [6.45, 7) is 4.00. The summed E-state index contributed by atoms with van der Waals surface area (Å²) in [7, 11) is -3.13. The molecule has 0 aliphatic heterocycles. The molecule has 0 saturated carbocycles. The van der Waals surface area contributed by atoms with Gasteiger partial charge in [-0.1, -0.05) is 37.3 Å². The minimum Gasteiger partial charge on any atom is -0.490 e. The number of pyridine rings is 1. The Labute approximate surface area is 177 Å². The second-order valence-electron chi connectivity index (χ2n) is 7.29. The quantitative estimate of drug-likeness (QED) is 0.500. The number of benzene rings is 2. The van der Waals surface area contributed by atoms with Gasteiger partial charge in [0.25, 0.3) is 0 Å². The van der Waals surface area contributed by atoms with Crippen LogP contribution in [-0.2, 0) is 9.84 Å². The first-order valence-corrected chi connectivity index (χ1v) is 11.9. The monoisotopic (exact) mass is 426 g/mol. The second kappa shape index (κ2) is 9.26. The molecule has 0 unspecified atom stereocenters. The van der Waals surface area contributed by atoms with Gasteiger partial charge in [0.05, 0.1) is 17.0 Å². The first kappa shape index (κ1) is 21.8. The van der Waals surface area contributed by atoms with Crippen molar-refractivity contribution < 1.29 is 17.9 Å². The minimum absolute atomic E-state index is 0.0198. The number of para-hydroxylation sites is 2. The molecule has 0 amide bonds. The number of fused-ring (bicyclic) bond motifs is 1. The first-order chi connectivity index (χ1) is 14.3. The van der Waals surface area contributed by atoms with E-state index in [2.05, 4.69) is 10.3 Å². The number of hydrogen-bond acceptors (Lipinski definition) is 6. The second-order valence-corrected chi connectivity index (χ2v) is 9.55. The van der Waals surface area contributed by atoms with Gasteiger partial charge in [0.15, 0.2) is 15.6 Å². The highest BCUT2D eigenvalue weighted by atomic mass is 32.2. The molecule has 1 N–H and O–H groups in total. The van der Waals surface area contributed by atoms with Crippen molar-refractivity contribution in [2.75, 3.05) is 23.9 Å². The zero-order valence-electron chi connectivity index (χ0n) is 17.4. The van der Waals surface area contributed by atoms with Gasteiger partial charge in [-0.3, -0.25) is 9.78 Å². The van der Waals surface area contributed by atoms with Crippen molar-refractivity contribution >= 4 is 37.9 Å². The van der Waals surface area contributed by atoms with Crippen LogP contribution >= 0.6 is 0 Å². The Kier molecular flexibility index (Phi) is 6.72. The number of sulfone groups is 1. The van der Waals surface area contributed by atoms with Crippen molar-refractivity contribution in [2.24, 2.45) is 0 Å². The predicted octanol–water partition coefficient (Wildman–Crippen LogP) is 4.69. The fraction of sp³-hybridized carbons (Fsp3) is 0.304. The maximum Gasteiger partial charge on any atom is 0.166 e. The number of aryl methyl sites for hydroxylation is 1. The lowest BCUT2D eigenvalue weighted by Gasteiger charge is -2.17. The molecule has 1 heterocycles. The van der Waals surface area contributed by atoms with Crippen LogP contribution in [0.4, 0.5) is 11.4 Å². The molecule has 158 valence electrons. The smallest absolute Gasteiger partial charge is 0.166 e. The van der Waals surface area contributed by atoms with E-state index in [1.807, 2.05) is 50.2 Å². The summed E-state index contributed by atoms with van der Waals surface area (Å²) >= 11 is 0. The van der Waals surface area contributed by atoms with Crippen molar-refractivity contribution in [1.29, 1.82) is 0 Å². The molecular formula is C23H26N2O4S. The molecule has 30 heavy (non-hydrogen) atoms. The summed E-state index contributed by atoms with van der Waals surface area (Å²) < 4.78 is 28.5. The van der Waals surface area contributed by atoms with Crippen LogP contribution in [0.5, 0.6) is 5.75 Å². The average Bonchev–Trinajstić information content (AvgIpc) is 2.69. The highest BCUT2D eigenvalue weighted by Gasteiger charge is 2.18. The average molecular weight is 427 g/mol. The van der Waals surface area contributed by atoms with E-state index in [0.29, 0.717) is 28.9 Å². The van der Waals surface area contributed by atoms with Crippen molar-refractivity contribution in [3.63, 3.8) is 0 Å². The number of Topliss-reactive ketones (excluding diaryl/α,β-unsaturated/α-hetero) is 1. The number of rotatable bonds is 9. The van der Waals surface area contributed by atoms with Crippen LogP contribution in [0.1, 0.15) is 35.7 Å². The Morgan fingerprint density at radius 2 is 1.90 bits per heavy atom. The largest absolute Gasteiger partial charge is 0.490 e. The molecule has 0 radical (unpaired) electrons. The Balaban J connectivity index is 2.09. The van der Waals surface area contributed by atoms with E-state index >= 15 is 0 Å². The zero-order chi connectivity index (χ0) is 21.7. The summed E-state index contributed by atoms with van der Waals surface area (Å²) in [4.78, 5) is 17.3. The Hall–Kier alpha value is -2.93. The lowest BCUT2D eigenvalue weighted by molar-refractivity contribution is 0.0982. The zero-order valence-corrected chi connectivity index (χ0v) is 18.3. The molecule has 3 aromatic rings. The Bertz CT molecular complexity index is 1170. The fourth-order valence-electron chi connectivity index (χ4n) is 3.17. The normalized spacial score (nSPS) is 11.4. The summed E-state index contributed by atoms with van der Waals surface area (Å²) in [5.41, 5.74) is 3.74. The highest BCUT2D eigenvalue weighted by molar-refractivity contribution is 7.90. The maximum absolute atomic E-state index is 12.8. The van der Waals surface area contributed by atoms with Gasteiger partial charge in [0.2, 0.25) is 0 Å². The SMILES string of the molecule is CCCC(=O)c1cnc2c(OCCS(C)(=O)=O)cccc2c1Nc1ccccc1C. The number of hydrogen-bond donors (Lipinski definition) is 1. The standard InChI is InChI=1S/C23H26N2O4S/c1-4-8-20(26)18-15-24-23-17(22(18)25-19-11-6-5-9-16(19)2)10-7-12-21(23)29-13-14-30(3,27)28/h5-7,9-12,15H,4,8,13-14H2,1-3H3,(H,24,25). The lowest BCUT2D eigenvalue weighted by Crippen LogP contribution is -2.12. The van der Waals surface area contributed by atoms with Gasteiger partial charge in [0, 0.05) is 29.9 Å². The summed E-state index contributed by atoms with van der Waals surface area (Å²) in [6.07, 6.45) is 3.92.